The predicted octanol–water partition coefficient (Wildman–Crippen LogP) is 4.06. The van der Waals surface area contributed by atoms with Gasteiger partial charge in [0.25, 0.3) is 5.91 Å². The van der Waals surface area contributed by atoms with Gasteiger partial charge in [-0.2, -0.15) is 13.2 Å². The lowest BCUT2D eigenvalue weighted by Gasteiger charge is -2.32. The van der Waals surface area contributed by atoms with Crippen LogP contribution in [0.5, 0.6) is 0 Å². The maximum atomic E-state index is 15.4. The molecule has 0 bridgehead atoms. The largest absolute Gasteiger partial charge is 0.417 e. The number of hydrogen-bond acceptors (Lipinski definition) is 3. The van der Waals surface area contributed by atoms with E-state index in [-0.39, 0.29) is 36.2 Å². The van der Waals surface area contributed by atoms with Crippen molar-refractivity contribution >= 4 is 17.5 Å². The van der Waals surface area contributed by atoms with Crippen LogP contribution < -0.4 is 5.32 Å². The van der Waals surface area contributed by atoms with E-state index in [0.29, 0.717) is 0 Å². The zero-order chi connectivity index (χ0) is 19.8. The van der Waals surface area contributed by atoms with E-state index in [1.165, 1.54) is 24.4 Å². The van der Waals surface area contributed by atoms with Crippen molar-refractivity contribution in [3.8, 4) is 0 Å². The Morgan fingerprint density at radius 2 is 2.07 bits per heavy atom. The molecule has 0 spiro atoms. The number of aromatic nitrogens is 1. The fourth-order valence-electron chi connectivity index (χ4n) is 3.11. The summed E-state index contributed by atoms with van der Waals surface area (Å²) in [5, 5.41) is 11.7. The Labute approximate surface area is 157 Å². The molecule has 2 atom stereocenters. The molecule has 2 unspecified atom stereocenters. The van der Waals surface area contributed by atoms with Crippen molar-refractivity contribution in [2.24, 2.45) is 0 Å². The van der Waals surface area contributed by atoms with E-state index >= 15 is 4.39 Å². The average Bonchev–Trinajstić information content (AvgIpc) is 2.63. The first-order valence-electron chi connectivity index (χ1n) is 8.10. The van der Waals surface area contributed by atoms with Gasteiger partial charge in [0.2, 0.25) is 5.67 Å². The summed E-state index contributed by atoms with van der Waals surface area (Å²) in [6.07, 6.45) is -4.50. The van der Waals surface area contributed by atoms with E-state index in [0.717, 1.165) is 12.1 Å². The average molecular weight is 403 g/mol. The number of pyridine rings is 1. The molecular weight excluding hydrogens is 388 g/mol. The standard InChI is InChI=1S/C18H15ClF4N2O2/c19-14-10(3-1-4-11(14)18(21,22)23)9-25-16(27)17(20)7-6-13(26)15-12(17)5-2-8-24-15/h1-5,8,13,26H,6-7,9H2,(H,25,27). The number of nitrogens with zero attached hydrogens (tertiary/aromatic N) is 1. The number of aliphatic hydroxyl groups excluding tert-OH is 1. The van der Waals surface area contributed by atoms with E-state index in [4.69, 9.17) is 11.6 Å². The Bertz CT molecular complexity index is 875. The lowest BCUT2D eigenvalue weighted by atomic mass is 9.81. The number of hydrogen-bond donors (Lipinski definition) is 2. The molecule has 4 nitrogen and oxygen atoms in total. The Hall–Kier alpha value is -2.19. The fourth-order valence-corrected chi connectivity index (χ4v) is 3.41. The Balaban J connectivity index is 1.82. The Morgan fingerprint density at radius 1 is 1.33 bits per heavy atom. The molecule has 144 valence electrons. The minimum Gasteiger partial charge on any atom is -0.387 e. The maximum Gasteiger partial charge on any atom is 0.417 e. The lowest BCUT2D eigenvalue weighted by molar-refractivity contribution is -0.137. The summed E-state index contributed by atoms with van der Waals surface area (Å²) >= 11 is 5.79. The van der Waals surface area contributed by atoms with Crippen molar-refractivity contribution in [1.82, 2.24) is 10.3 Å². The fraction of sp³-hybridized carbons (Fsp3) is 0.333. The number of amides is 1. The molecule has 0 aliphatic heterocycles. The van der Waals surface area contributed by atoms with Crippen LogP contribution in [0.3, 0.4) is 0 Å². The van der Waals surface area contributed by atoms with E-state index in [1.807, 2.05) is 0 Å². The summed E-state index contributed by atoms with van der Waals surface area (Å²) in [6.45, 7) is -0.370. The molecule has 1 aromatic heterocycles. The van der Waals surface area contributed by atoms with E-state index < -0.39 is 34.4 Å². The predicted molar refractivity (Wildman–Crippen MR) is 89.5 cm³/mol. The van der Waals surface area contributed by atoms with Crippen LogP contribution in [0.25, 0.3) is 0 Å². The molecule has 2 aromatic rings. The highest BCUT2D eigenvalue weighted by molar-refractivity contribution is 6.32. The van der Waals surface area contributed by atoms with Crippen LogP contribution in [0, 0.1) is 0 Å². The number of carbonyl (C=O) groups is 1. The zero-order valence-electron chi connectivity index (χ0n) is 13.9. The zero-order valence-corrected chi connectivity index (χ0v) is 14.6. The van der Waals surface area contributed by atoms with Gasteiger partial charge in [-0.15, -0.1) is 0 Å². The van der Waals surface area contributed by atoms with Crippen molar-refractivity contribution in [3.05, 3.63) is 63.9 Å². The van der Waals surface area contributed by atoms with Gasteiger partial charge >= 0.3 is 6.18 Å². The van der Waals surface area contributed by atoms with Crippen molar-refractivity contribution < 1.29 is 27.5 Å². The highest BCUT2D eigenvalue weighted by Gasteiger charge is 2.46. The van der Waals surface area contributed by atoms with Crippen LogP contribution in [0.2, 0.25) is 5.02 Å². The van der Waals surface area contributed by atoms with Gasteiger partial charge < -0.3 is 10.4 Å². The minimum atomic E-state index is -4.64. The molecule has 0 radical (unpaired) electrons. The summed E-state index contributed by atoms with van der Waals surface area (Å²) in [6, 6.07) is 6.12. The first-order valence-corrected chi connectivity index (χ1v) is 8.47. The highest BCUT2D eigenvalue weighted by Crippen LogP contribution is 2.42. The van der Waals surface area contributed by atoms with Gasteiger partial charge in [0.1, 0.15) is 0 Å². The number of alkyl halides is 4. The van der Waals surface area contributed by atoms with Crippen LogP contribution >= 0.6 is 11.6 Å². The molecule has 2 N–H and O–H groups in total. The molecule has 1 heterocycles. The normalized spacial score (nSPS) is 22.2. The second-order valence-corrected chi connectivity index (χ2v) is 6.63. The first kappa shape index (κ1) is 19.6. The molecule has 1 amide bonds. The topological polar surface area (TPSA) is 62.2 Å². The second-order valence-electron chi connectivity index (χ2n) is 6.25. The molecule has 3 rings (SSSR count). The van der Waals surface area contributed by atoms with E-state index in [9.17, 15) is 23.1 Å². The van der Waals surface area contributed by atoms with Crippen LogP contribution in [0.4, 0.5) is 17.6 Å². The molecule has 27 heavy (non-hydrogen) atoms. The number of aliphatic hydroxyl groups is 1. The number of benzene rings is 1. The minimum absolute atomic E-state index is 0.00174. The molecular formula is C18H15ClF4N2O2. The van der Waals surface area contributed by atoms with Crippen molar-refractivity contribution in [1.29, 1.82) is 0 Å². The van der Waals surface area contributed by atoms with Gasteiger partial charge in [-0.25, -0.2) is 4.39 Å². The Kier molecular flexibility index (Phi) is 5.14. The van der Waals surface area contributed by atoms with Gasteiger partial charge in [-0.3, -0.25) is 9.78 Å². The van der Waals surface area contributed by atoms with Gasteiger partial charge in [-0.1, -0.05) is 29.8 Å². The number of fused-ring (bicyclic) bond motifs is 1. The van der Waals surface area contributed by atoms with Crippen molar-refractivity contribution in [2.45, 2.75) is 37.3 Å². The quantitative estimate of drug-likeness (QED) is 0.761. The van der Waals surface area contributed by atoms with Crippen molar-refractivity contribution in [3.63, 3.8) is 0 Å². The summed E-state index contributed by atoms with van der Waals surface area (Å²) in [7, 11) is 0. The molecule has 0 fully saturated rings. The number of nitrogens with one attached hydrogen (secondary N) is 1. The summed E-state index contributed by atoms with van der Waals surface area (Å²) in [5.74, 6) is -1.02. The molecule has 0 saturated heterocycles. The SMILES string of the molecule is O=C(NCc1cccc(C(F)(F)F)c1Cl)C1(F)CCC(O)c2ncccc21. The number of rotatable bonds is 3. The van der Waals surface area contributed by atoms with E-state index in [2.05, 4.69) is 10.3 Å². The highest BCUT2D eigenvalue weighted by atomic mass is 35.5. The number of halogens is 5. The molecule has 9 heteroatoms. The second kappa shape index (κ2) is 7.09. The van der Waals surface area contributed by atoms with Gasteiger partial charge in [0.05, 0.1) is 22.4 Å². The lowest BCUT2D eigenvalue weighted by Crippen LogP contribution is -2.44. The summed E-state index contributed by atoms with van der Waals surface area (Å²) in [4.78, 5) is 16.4. The molecule has 1 aliphatic carbocycles. The van der Waals surface area contributed by atoms with Gasteiger partial charge in [-0.05, 0) is 30.5 Å². The van der Waals surface area contributed by atoms with Crippen LogP contribution in [0.1, 0.15) is 41.3 Å². The molecule has 0 saturated carbocycles. The van der Waals surface area contributed by atoms with Gasteiger partial charge in [0, 0.05) is 18.3 Å². The third-order valence-electron chi connectivity index (χ3n) is 4.53. The third kappa shape index (κ3) is 3.64. The third-order valence-corrected chi connectivity index (χ3v) is 4.97. The Morgan fingerprint density at radius 3 is 2.78 bits per heavy atom. The summed E-state index contributed by atoms with van der Waals surface area (Å²) in [5.41, 5.74) is -3.40. The van der Waals surface area contributed by atoms with Crippen molar-refractivity contribution in [2.75, 3.05) is 0 Å². The molecule has 1 aromatic carbocycles. The van der Waals surface area contributed by atoms with Gasteiger partial charge in [0.15, 0.2) is 0 Å². The first-order chi connectivity index (χ1) is 12.6. The van der Waals surface area contributed by atoms with Crippen LogP contribution in [-0.4, -0.2) is 16.0 Å². The smallest absolute Gasteiger partial charge is 0.387 e. The van der Waals surface area contributed by atoms with Crippen LogP contribution in [-0.2, 0) is 23.2 Å². The molecule has 1 aliphatic rings. The maximum absolute atomic E-state index is 15.4. The monoisotopic (exact) mass is 402 g/mol. The van der Waals surface area contributed by atoms with E-state index in [1.54, 1.807) is 0 Å². The number of carbonyl (C=O) groups excluding carboxylic acids is 1. The van der Waals surface area contributed by atoms with Crippen LogP contribution in [0.15, 0.2) is 36.5 Å². The summed E-state index contributed by atoms with van der Waals surface area (Å²) < 4.78 is 54.2.